The zero-order chi connectivity index (χ0) is 11.5. The highest BCUT2D eigenvalue weighted by Gasteiger charge is 2.03. The van der Waals surface area contributed by atoms with Gasteiger partial charge in [-0.2, -0.15) is 5.10 Å². The van der Waals surface area contributed by atoms with Crippen molar-refractivity contribution in [3.05, 3.63) is 47.3 Å². The maximum Gasteiger partial charge on any atom is 0.0677 e. The number of aromatic nitrogens is 2. The Balaban J connectivity index is 2.38. The zero-order valence-electron chi connectivity index (χ0n) is 9.99. The van der Waals surface area contributed by atoms with E-state index in [0.717, 1.165) is 12.2 Å². The molecule has 0 radical (unpaired) electrons. The maximum absolute atomic E-state index is 4.38. The molecule has 0 amide bonds. The Hall–Kier alpha value is -1.61. The molecule has 0 fully saturated rings. The summed E-state index contributed by atoms with van der Waals surface area (Å²) in [4.78, 5) is 0. The quantitative estimate of drug-likeness (QED) is 0.850. The van der Waals surface area contributed by atoms with E-state index in [-0.39, 0.29) is 0 Å². The molecule has 3 nitrogen and oxygen atoms in total. The number of rotatable bonds is 3. The van der Waals surface area contributed by atoms with Crippen molar-refractivity contribution in [3.63, 3.8) is 0 Å². The molecule has 1 heterocycles. The Bertz CT molecular complexity index is 486. The molecular weight excluding hydrogens is 198 g/mol. The average molecular weight is 215 g/mol. The highest BCUT2D eigenvalue weighted by molar-refractivity contribution is 5.42. The number of nitrogens with one attached hydrogen (secondary N) is 1. The number of aryl methyl sites for hydroxylation is 2. The van der Waals surface area contributed by atoms with E-state index in [1.165, 1.54) is 16.7 Å². The molecule has 0 unspecified atom stereocenters. The second-order valence-electron chi connectivity index (χ2n) is 4.11. The van der Waals surface area contributed by atoms with Gasteiger partial charge >= 0.3 is 0 Å². The molecule has 84 valence electrons. The van der Waals surface area contributed by atoms with E-state index < -0.39 is 0 Å². The first-order valence-electron chi connectivity index (χ1n) is 5.46. The Morgan fingerprint density at radius 1 is 1.31 bits per heavy atom. The summed E-state index contributed by atoms with van der Waals surface area (Å²) in [6, 6.07) is 6.41. The highest BCUT2D eigenvalue weighted by atomic mass is 15.3. The number of nitrogens with zero attached hydrogens (tertiary/aromatic N) is 2. The van der Waals surface area contributed by atoms with E-state index in [1.54, 1.807) is 0 Å². The van der Waals surface area contributed by atoms with Gasteiger partial charge in [-0.15, -0.1) is 0 Å². The Labute approximate surface area is 96.1 Å². The summed E-state index contributed by atoms with van der Waals surface area (Å²) in [5, 5.41) is 7.51. The Morgan fingerprint density at radius 2 is 2.12 bits per heavy atom. The van der Waals surface area contributed by atoms with Gasteiger partial charge < -0.3 is 5.32 Å². The van der Waals surface area contributed by atoms with Gasteiger partial charge in [0.15, 0.2) is 0 Å². The van der Waals surface area contributed by atoms with Gasteiger partial charge in [0.25, 0.3) is 0 Å². The van der Waals surface area contributed by atoms with E-state index in [4.69, 9.17) is 0 Å². The number of benzene rings is 1. The third-order valence-electron chi connectivity index (χ3n) is 2.63. The van der Waals surface area contributed by atoms with Crippen molar-refractivity contribution in [2.75, 3.05) is 7.05 Å². The van der Waals surface area contributed by atoms with Crippen molar-refractivity contribution in [2.24, 2.45) is 0 Å². The zero-order valence-corrected chi connectivity index (χ0v) is 9.99. The normalized spacial score (nSPS) is 10.7. The summed E-state index contributed by atoms with van der Waals surface area (Å²) in [6.07, 6.45) is 3.97. The summed E-state index contributed by atoms with van der Waals surface area (Å²) in [5.74, 6) is 0. The third kappa shape index (κ3) is 2.14. The van der Waals surface area contributed by atoms with Gasteiger partial charge in [-0.1, -0.05) is 12.1 Å². The molecule has 1 aromatic carbocycles. The van der Waals surface area contributed by atoms with Gasteiger partial charge in [0.2, 0.25) is 0 Å². The fourth-order valence-electron chi connectivity index (χ4n) is 1.75. The minimum Gasteiger partial charge on any atom is -0.316 e. The van der Waals surface area contributed by atoms with Crippen LogP contribution in [0.25, 0.3) is 5.69 Å². The summed E-state index contributed by atoms with van der Waals surface area (Å²) in [6.45, 7) is 5.06. The van der Waals surface area contributed by atoms with Crippen molar-refractivity contribution in [2.45, 2.75) is 20.4 Å². The smallest absolute Gasteiger partial charge is 0.0677 e. The van der Waals surface area contributed by atoms with Gasteiger partial charge in [-0.05, 0) is 38.1 Å². The second kappa shape index (κ2) is 4.49. The Kier molecular flexibility index (Phi) is 3.06. The molecule has 1 aromatic heterocycles. The van der Waals surface area contributed by atoms with Gasteiger partial charge in [0.05, 0.1) is 11.9 Å². The van der Waals surface area contributed by atoms with Crippen LogP contribution in [-0.2, 0) is 6.54 Å². The van der Waals surface area contributed by atoms with Crippen LogP contribution in [0.2, 0.25) is 0 Å². The molecule has 3 heteroatoms. The predicted octanol–water partition coefficient (Wildman–Crippen LogP) is 2.21. The van der Waals surface area contributed by atoms with E-state index in [0.29, 0.717) is 0 Å². The van der Waals surface area contributed by atoms with Crippen LogP contribution < -0.4 is 5.32 Å². The van der Waals surface area contributed by atoms with E-state index in [1.807, 2.05) is 17.9 Å². The monoisotopic (exact) mass is 215 g/mol. The molecule has 2 rings (SSSR count). The van der Waals surface area contributed by atoms with Crippen LogP contribution in [0.3, 0.4) is 0 Å². The van der Waals surface area contributed by atoms with Gasteiger partial charge in [0, 0.05) is 18.3 Å². The van der Waals surface area contributed by atoms with Crippen molar-refractivity contribution in [1.82, 2.24) is 15.1 Å². The molecule has 0 aliphatic heterocycles. The van der Waals surface area contributed by atoms with Crippen molar-refractivity contribution in [1.29, 1.82) is 0 Å². The molecule has 0 aliphatic rings. The third-order valence-corrected chi connectivity index (χ3v) is 2.63. The second-order valence-corrected chi connectivity index (χ2v) is 4.11. The van der Waals surface area contributed by atoms with Crippen LogP contribution in [-0.4, -0.2) is 16.8 Å². The van der Waals surface area contributed by atoms with Crippen LogP contribution in [0.5, 0.6) is 0 Å². The van der Waals surface area contributed by atoms with E-state index >= 15 is 0 Å². The molecule has 2 aromatic rings. The fourth-order valence-corrected chi connectivity index (χ4v) is 1.75. The molecular formula is C13H17N3. The fraction of sp³-hybridized carbons (Fsp3) is 0.308. The summed E-state index contributed by atoms with van der Waals surface area (Å²) >= 11 is 0. The van der Waals surface area contributed by atoms with Crippen LogP contribution in [0, 0.1) is 13.8 Å². The van der Waals surface area contributed by atoms with Gasteiger partial charge in [0.1, 0.15) is 0 Å². The van der Waals surface area contributed by atoms with Crippen LogP contribution in [0.4, 0.5) is 0 Å². The molecule has 0 saturated heterocycles. The summed E-state index contributed by atoms with van der Waals surface area (Å²) < 4.78 is 1.94. The number of hydrogen-bond acceptors (Lipinski definition) is 2. The molecule has 1 N–H and O–H groups in total. The highest BCUT2D eigenvalue weighted by Crippen LogP contribution is 2.15. The first-order chi connectivity index (χ1) is 7.70. The average Bonchev–Trinajstić information content (AvgIpc) is 2.71. The van der Waals surface area contributed by atoms with Gasteiger partial charge in [-0.3, -0.25) is 0 Å². The molecule has 0 atom stereocenters. The largest absolute Gasteiger partial charge is 0.316 e. The molecule has 0 saturated carbocycles. The SMILES string of the molecule is CNCc1cnn(-c2cc(C)ccc2C)c1. The van der Waals surface area contributed by atoms with Crippen LogP contribution in [0.15, 0.2) is 30.6 Å². The number of hydrogen-bond donors (Lipinski definition) is 1. The van der Waals surface area contributed by atoms with Crippen molar-refractivity contribution in [3.8, 4) is 5.69 Å². The first kappa shape index (κ1) is 10.9. The van der Waals surface area contributed by atoms with E-state index in [9.17, 15) is 0 Å². The molecule has 0 spiro atoms. The first-order valence-corrected chi connectivity index (χ1v) is 5.46. The van der Waals surface area contributed by atoms with Crippen molar-refractivity contribution < 1.29 is 0 Å². The van der Waals surface area contributed by atoms with Gasteiger partial charge in [-0.25, -0.2) is 4.68 Å². The minimum absolute atomic E-state index is 0.852. The molecule has 0 aliphatic carbocycles. The molecule has 16 heavy (non-hydrogen) atoms. The van der Waals surface area contributed by atoms with Crippen LogP contribution in [0.1, 0.15) is 16.7 Å². The lowest BCUT2D eigenvalue weighted by Gasteiger charge is -2.06. The van der Waals surface area contributed by atoms with Crippen molar-refractivity contribution >= 4 is 0 Å². The topological polar surface area (TPSA) is 29.9 Å². The lowest BCUT2D eigenvalue weighted by atomic mass is 10.1. The minimum atomic E-state index is 0.852. The summed E-state index contributed by atoms with van der Waals surface area (Å²) in [7, 11) is 1.94. The maximum atomic E-state index is 4.38. The summed E-state index contributed by atoms with van der Waals surface area (Å²) in [5.41, 5.74) is 4.85. The Morgan fingerprint density at radius 3 is 2.88 bits per heavy atom. The predicted molar refractivity (Wildman–Crippen MR) is 65.8 cm³/mol. The molecule has 0 bridgehead atoms. The van der Waals surface area contributed by atoms with Crippen LogP contribution >= 0.6 is 0 Å². The lowest BCUT2D eigenvalue weighted by molar-refractivity contribution is 0.816. The lowest BCUT2D eigenvalue weighted by Crippen LogP contribution is -2.04. The van der Waals surface area contributed by atoms with E-state index in [2.05, 4.69) is 48.7 Å². The standard InChI is InChI=1S/C13H17N3/c1-10-4-5-11(2)13(6-10)16-9-12(7-14-3)8-15-16/h4-6,8-9,14H,7H2,1-3H3.